The lowest BCUT2D eigenvalue weighted by molar-refractivity contribution is -0.100. The second-order valence-corrected chi connectivity index (χ2v) is 8.60. The first-order valence-electron chi connectivity index (χ1n) is 11.8. The summed E-state index contributed by atoms with van der Waals surface area (Å²) in [5.41, 5.74) is 2.76. The van der Waals surface area contributed by atoms with Gasteiger partial charge in [-0.2, -0.15) is 33.2 Å². The lowest BCUT2D eigenvalue weighted by atomic mass is 10.0. The highest BCUT2D eigenvalue weighted by molar-refractivity contribution is 6.29. The molecule has 15 heteroatoms. The van der Waals surface area contributed by atoms with Crippen LogP contribution in [0.4, 0.5) is 39.8 Å². The van der Waals surface area contributed by atoms with Crippen LogP contribution in [-0.2, 0) is 6.54 Å². The molecule has 0 bridgehead atoms. The largest absolute Gasteiger partial charge is 0.491 e. The number of allylic oxidation sites excluding steroid dienone is 3. The van der Waals surface area contributed by atoms with Crippen LogP contribution in [0.1, 0.15) is 17.5 Å². The molecule has 1 aliphatic rings. The van der Waals surface area contributed by atoms with Gasteiger partial charge in [0.25, 0.3) is 0 Å². The Morgan fingerprint density at radius 2 is 1.80 bits per heavy atom. The average molecular weight is 581 g/mol. The third-order valence-electron chi connectivity index (χ3n) is 5.26. The van der Waals surface area contributed by atoms with Gasteiger partial charge in [-0.05, 0) is 47.5 Å². The Kier molecular flexibility index (Phi) is 9.43. The summed E-state index contributed by atoms with van der Waals surface area (Å²) in [7, 11) is 0. The van der Waals surface area contributed by atoms with Crippen molar-refractivity contribution in [3.8, 4) is 5.75 Å². The minimum absolute atomic E-state index is 0.0233. The van der Waals surface area contributed by atoms with Crippen LogP contribution in [0.2, 0.25) is 5.15 Å². The van der Waals surface area contributed by atoms with E-state index in [0.717, 1.165) is 5.56 Å². The van der Waals surface area contributed by atoms with E-state index in [0.29, 0.717) is 22.5 Å². The van der Waals surface area contributed by atoms with Gasteiger partial charge in [0.15, 0.2) is 0 Å². The molecule has 0 fully saturated rings. The molecule has 1 aromatic carbocycles. The van der Waals surface area contributed by atoms with Gasteiger partial charge in [-0.15, -0.1) is 0 Å². The number of rotatable bonds is 11. The third kappa shape index (κ3) is 8.33. The van der Waals surface area contributed by atoms with Crippen LogP contribution in [0.5, 0.6) is 5.75 Å². The first-order valence-corrected chi connectivity index (χ1v) is 12.2. The number of hydrazone groups is 1. The number of nitrogens with zero attached hydrogens (tertiary/aromatic N) is 5. The lowest BCUT2D eigenvalue weighted by Gasteiger charge is -2.20. The molecule has 0 radical (unpaired) electrons. The maximum absolute atomic E-state index is 13.9. The van der Waals surface area contributed by atoms with Crippen molar-refractivity contribution in [3.63, 3.8) is 0 Å². The SMILES string of the molecule is FCCOc1ccc(/C=N/Nc2nc(NCc3ccc(Cl)nc3)nc(NC3=CCC(F)C(C(F)(F)F)=C3)n2)cc1. The maximum Gasteiger partial charge on any atom is 0.415 e. The van der Waals surface area contributed by atoms with E-state index in [1.807, 2.05) is 0 Å². The second kappa shape index (κ2) is 13.2. The summed E-state index contributed by atoms with van der Waals surface area (Å²) < 4.78 is 70.9. The molecule has 210 valence electrons. The van der Waals surface area contributed by atoms with E-state index in [4.69, 9.17) is 16.3 Å². The maximum atomic E-state index is 13.9. The summed E-state index contributed by atoms with van der Waals surface area (Å²) in [6.07, 6.45) is -2.47. The Labute approximate surface area is 230 Å². The number of halogens is 6. The first-order chi connectivity index (χ1) is 19.2. The molecule has 0 saturated heterocycles. The summed E-state index contributed by atoms with van der Waals surface area (Å²) in [4.78, 5) is 16.6. The van der Waals surface area contributed by atoms with Crippen LogP contribution < -0.4 is 20.8 Å². The van der Waals surface area contributed by atoms with E-state index in [-0.39, 0.29) is 36.7 Å². The standard InChI is InChI=1S/C25H22ClF5N8O/c26-21-8-3-16(12-32-21)13-33-22-36-23(35-17-4-7-20(28)19(11-17)25(29,30)31)38-24(37-22)39-34-14-15-1-5-18(6-2-15)40-10-9-27/h1-6,8,11-12,14,20H,7,9-10,13H2,(H3,33,35,36,37,38,39)/b34-14+. The predicted octanol–water partition coefficient (Wildman–Crippen LogP) is 5.85. The summed E-state index contributed by atoms with van der Waals surface area (Å²) >= 11 is 5.81. The third-order valence-corrected chi connectivity index (χ3v) is 5.48. The fourth-order valence-corrected chi connectivity index (χ4v) is 3.49. The molecule has 3 aromatic rings. The number of pyridine rings is 1. The van der Waals surface area contributed by atoms with Gasteiger partial charge >= 0.3 is 6.18 Å². The van der Waals surface area contributed by atoms with Gasteiger partial charge in [-0.3, -0.25) is 0 Å². The monoisotopic (exact) mass is 580 g/mol. The van der Waals surface area contributed by atoms with Crippen molar-refractivity contribution in [1.82, 2.24) is 19.9 Å². The van der Waals surface area contributed by atoms with Gasteiger partial charge in [0.05, 0.1) is 11.8 Å². The van der Waals surface area contributed by atoms with Gasteiger partial charge in [0, 0.05) is 24.9 Å². The number of ether oxygens (including phenoxy) is 1. The van der Waals surface area contributed by atoms with E-state index in [2.05, 4.69) is 41.1 Å². The molecule has 0 amide bonds. The highest BCUT2D eigenvalue weighted by atomic mass is 35.5. The number of nitrogens with one attached hydrogen (secondary N) is 3. The van der Waals surface area contributed by atoms with E-state index in [1.54, 1.807) is 42.6 Å². The highest BCUT2D eigenvalue weighted by Crippen LogP contribution is 2.35. The zero-order valence-electron chi connectivity index (χ0n) is 20.6. The fourth-order valence-electron chi connectivity index (χ4n) is 3.37. The minimum atomic E-state index is -4.82. The molecular weight excluding hydrogens is 559 g/mol. The number of aromatic nitrogens is 4. The normalized spacial score (nSPS) is 15.4. The first kappa shape index (κ1) is 28.7. The number of hydrogen-bond donors (Lipinski definition) is 3. The highest BCUT2D eigenvalue weighted by Gasteiger charge is 2.40. The molecular formula is C25H22ClF5N8O. The summed E-state index contributed by atoms with van der Waals surface area (Å²) in [5.74, 6) is 0.425. The van der Waals surface area contributed by atoms with Gasteiger partial charge in [0.2, 0.25) is 17.8 Å². The number of hydrogen-bond acceptors (Lipinski definition) is 9. The average Bonchev–Trinajstić information content (AvgIpc) is 2.93. The number of anilines is 3. The Balaban J connectivity index is 1.52. The van der Waals surface area contributed by atoms with E-state index in [9.17, 15) is 22.0 Å². The van der Waals surface area contributed by atoms with Crippen LogP contribution in [0, 0.1) is 0 Å². The van der Waals surface area contributed by atoms with Crippen molar-refractivity contribution >= 4 is 35.7 Å². The van der Waals surface area contributed by atoms with E-state index < -0.39 is 31.0 Å². The smallest absolute Gasteiger partial charge is 0.415 e. The quantitative estimate of drug-likeness (QED) is 0.112. The molecule has 4 rings (SSSR count). The molecule has 3 N–H and O–H groups in total. The van der Waals surface area contributed by atoms with Crippen molar-refractivity contribution in [1.29, 1.82) is 0 Å². The molecule has 0 spiro atoms. The molecule has 40 heavy (non-hydrogen) atoms. The van der Waals surface area contributed by atoms with Gasteiger partial charge in [-0.25, -0.2) is 19.2 Å². The summed E-state index contributed by atoms with van der Waals surface area (Å²) in [5, 5.41) is 10.1. The number of benzene rings is 1. The minimum Gasteiger partial charge on any atom is -0.491 e. The molecule has 0 saturated carbocycles. The summed E-state index contributed by atoms with van der Waals surface area (Å²) in [6, 6.07) is 10.0. The lowest BCUT2D eigenvalue weighted by Crippen LogP contribution is -2.24. The van der Waals surface area contributed by atoms with Crippen LogP contribution in [0.3, 0.4) is 0 Å². The topological polar surface area (TPSA) is 109 Å². The Hall–Kier alpha value is -4.33. The molecule has 1 atom stereocenters. The van der Waals surface area contributed by atoms with Crippen molar-refractivity contribution in [2.45, 2.75) is 25.3 Å². The molecule has 2 aromatic heterocycles. The van der Waals surface area contributed by atoms with Crippen LogP contribution in [0.15, 0.2) is 71.1 Å². The van der Waals surface area contributed by atoms with Crippen LogP contribution >= 0.6 is 11.6 Å². The van der Waals surface area contributed by atoms with E-state index >= 15 is 0 Å². The van der Waals surface area contributed by atoms with Gasteiger partial charge in [0.1, 0.15) is 30.4 Å². The summed E-state index contributed by atoms with van der Waals surface area (Å²) in [6.45, 7) is -0.400. The Morgan fingerprint density at radius 1 is 1.05 bits per heavy atom. The predicted molar refractivity (Wildman–Crippen MR) is 141 cm³/mol. The zero-order chi connectivity index (χ0) is 28.5. The van der Waals surface area contributed by atoms with E-state index in [1.165, 1.54) is 12.3 Å². The van der Waals surface area contributed by atoms with Crippen molar-refractivity contribution < 1.29 is 26.7 Å². The molecule has 0 aliphatic heterocycles. The molecule has 1 unspecified atom stereocenters. The van der Waals surface area contributed by atoms with Crippen LogP contribution in [0.25, 0.3) is 0 Å². The van der Waals surface area contributed by atoms with Gasteiger partial charge in [-0.1, -0.05) is 23.7 Å². The van der Waals surface area contributed by atoms with Crippen LogP contribution in [-0.4, -0.2) is 51.8 Å². The second-order valence-electron chi connectivity index (χ2n) is 8.21. The molecule has 9 nitrogen and oxygen atoms in total. The molecule has 2 heterocycles. The Morgan fingerprint density at radius 3 is 2.50 bits per heavy atom. The number of alkyl halides is 5. The zero-order valence-corrected chi connectivity index (χ0v) is 21.3. The van der Waals surface area contributed by atoms with Crippen molar-refractivity contribution in [2.75, 3.05) is 29.3 Å². The van der Waals surface area contributed by atoms with Crippen molar-refractivity contribution in [3.05, 3.63) is 82.3 Å². The van der Waals surface area contributed by atoms with Crippen molar-refractivity contribution in [2.24, 2.45) is 5.10 Å². The fraction of sp³-hybridized carbons (Fsp3) is 0.240. The Bertz CT molecular complexity index is 1380. The molecule has 1 aliphatic carbocycles. The van der Waals surface area contributed by atoms with Gasteiger partial charge < -0.3 is 15.4 Å².